The molecule has 6 nitrogen and oxygen atoms in total. The van der Waals surface area contributed by atoms with Gasteiger partial charge in [0.05, 0.1) is 12.4 Å². The molecule has 0 saturated heterocycles. The summed E-state index contributed by atoms with van der Waals surface area (Å²) in [7, 11) is -3.57. The van der Waals surface area contributed by atoms with E-state index in [0.717, 1.165) is 11.1 Å². The molecule has 98 valence electrons. The molecule has 0 fully saturated rings. The number of sulfonamides is 1. The van der Waals surface area contributed by atoms with Gasteiger partial charge in [-0.05, 0) is 11.1 Å². The molecule has 1 aliphatic rings. The lowest BCUT2D eigenvalue weighted by Crippen LogP contribution is -2.26. The van der Waals surface area contributed by atoms with Gasteiger partial charge < -0.3 is 5.73 Å². The minimum atomic E-state index is -3.57. The van der Waals surface area contributed by atoms with Crippen LogP contribution in [-0.4, -0.2) is 22.7 Å². The number of anilines is 1. The monoisotopic (exact) mass is 276 g/mol. The number of rotatable bonds is 2. The predicted molar refractivity (Wildman–Crippen MR) is 69.3 cm³/mol. The van der Waals surface area contributed by atoms with Gasteiger partial charge in [-0.15, -0.1) is 0 Å². The van der Waals surface area contributed by atoms with Gasteiger partial charge in [-0.25, -0.2) is 18.4 Å². The summed E-state index contributed by atoms with van der Waals surface area (Å²) in [6, 6.07) is 7.68. The fourth-order valence-corrected chi connectivity index (χ4v) is 3.37. The van der Waals surface area contributed by atoms with Crippen molar-refractivity contribution in [2.45, 2.75) is 18.0 Å². The normalized spacial score (nSPS) is 15.4. The van der Waals surface area contributed by atoms with Crippen molar-refractivity contribution in [3.63, 3.8) is 0 Å². The van der Waals surface area contributed by atoms with E-state index in [2.05, 4.69) is 9.97 Å². The van der Waals surface area contributed by atoms with E-state index >= 15 is 0 Å². The average molecular weight is 276 g/mol. The summed E-state index contributed by atoms with van der Waals surface area (Å²) in [5.74, 6) is 0.0589. The van der Waals surface area contributed by atoms with Crippen molar-refractivity contribution in [3.8, 4) is 0 Å². The van der Waals surface area contributed by atoms with Crippen molar-refractivity contribution < 1.29 is 8.42 Å². The first-order valence-electron chi connectivity index (χ1n) is 5.72. The Hall–Kier alpha value is -1.99. The molecule has 3 rings (SSSR count). The van der Waals surface area contributed by atoms with Crippen LogP contribution in [0.3, 0.4) is 0 Å². The van der Waals surface area contributed by atoms with E-state index in [1.165, 1.54) is 16.7 Å². The molecule has 1 aromatic heterocycles. The largest absolute Gasteiger partial charge is 0.368 e. The van der Waals surface area contributed by atoms with Crippen LogP contribution in [-0.2, 0) is 23.1 Å². The highest BCUT2D eigenvalue weighted by atomic mass is 32.2. The number of nitrogens with two attached hydrogens (primary N) is 1. The Morgan fingerprint density at radius 2 is 1.58 bits per heavy atom. The van der Waals surface area contributed by atoms with Gasteiger partial charge in [-0.2, -0.15) is 4.31 Å². The van der Waals surface area contributed by atoms with Gasteiger partial charge in [0, 0.05) is 13.1 Å². The second-order valence-corrected chi connectivity index (χ2v) is 6.26. The molecular weight excluding hydrogens is 264 g/mol. The first kappa shape index (κ1) is 12.1. The fraction of sp³-hybridized carbons (Fsp3) is 0.167. The molecule has 0 bridgehead atoms. The Morgan fingerprint density at radius 1 is 1.05 bits per heavy atom. The molecule has 19 heavy (non-hydrogen) atoms. The van der Waals surface area contributed by atoms with Gasteiger partial charge in [-0.1, -0.05) is 24.3 Å². The number of nitrogens with zero attached hydrogens (tertiary/aromatic N) is 3. The Morgan fingerprint density at radius 3 is 2.11 bits per heavy atom. The maximum atomic E-state index is 12.4. The van der Waals surface area contributed by atoms with Crippen LogP contribution in [0.25, 0.3) is 0 Å². The quantitative estimate of drug-likeness (QED) is 0.874. The predicted octanol–water partition coefficient (Wildman–Crippen LogP) is 0.763. The van der Waals surface area contributed by atoms with Crippen LogP contribution in [0.15, 0.2) is 41.6 Å². The summed E-state index contributed by atoms with van der Waals surface area (Å²) < 4.78 is 26.2. The Labute approximate surface area is 111 Å². The highest BCUT2D eigenvalue weighted by Gasteiger charge is 2.30. The van der Waals surface area contributed by atoms with Crippen LogP contribution in [0.4, 0.5) is 5.95 Å². The third kappa shape index (κ3) is 2.06. The second kappa shape index (κ2) is 4.29. The van der Waals surface area contributed by atoms with Crippen molar-refractivity contribution in [1.82, 2.24) is 14.3 Å². The summed E-state index contributed by atoms with van der Waals surface area (Å²) in [6.07, 6.45) is 2.47. The maximum Gasteiger partial charge on any atom is 0.246 e. The number of benzene rings is 1. The Balaban J connectivity index is 1.94. The summed E-state index contributed by atoms with van der Waals surface area (Å²) in [5.41, 5.74) is 7.42. The van der Waals surface area contributed by atoms with E-state index < -0.39 is 10.0 Å². The van der Waals surface area contributed by atoms with Crippen molar-refractivity contribution in [2.75, 3.05) is 5.73 Å². The molecule has 7 heteroatoms. The molecule has 0 unspecified atom stereocenters. The number of aromatic nitrogens is 2. The Bertz CT molecular complexity index is 688. The minimum absolute atomic E-state index is 0.0589. The lowest BCUT2D eigenvalue weighted by molar-refractivity contribution is 0.431. The van der Waals surface area contributed by atoms with E-state index in [1.54, 1.807) is 0 Å². The van der Waals surface area contributed by atoms with Crippen LogP contribution in [0.2, 0.25) is 0 Å². The van der Waals surface area contributed by atoms with E-state index in [0.29, 0.717) is 13.1 Å². The third-order valence-electron chi connectivity index (χ3n) is 3.10. The van der Waals surface area contributed by atoms with E-state index in [9.17, 15) is 8.42 Å². The fourth-order valence-electron chi connectivity index (χ4n) is 2.08. The van der Waals surface area contributed by atoms with Crippen molar-refractivity contribution >= 4 is 16.0 Å². The highest BCUT2D eigenvalue weighted by molar-refractivity contribution is 7.89. The molecule has 0 amide bonds. The lowest BCUT2D eigenvalue weighted by atomic mass is 10.1. The summed E-state index contributed by atoms with van der Waals surface area (Å²) in [5, 5.41) is 0. The first-order chi connectivity index (χ1) is 9.07. The molecule has 1 aromatic carbocycles. The lowest BCUT2D eigenvalue weighted by Gasteiger charge is -2.14. The third-order valence-corrected chi connectivity index (χ3v) is 4.84. The van der Waals surface area contributed by atoms with Crippen molar-refractivity contribution in [1.29, 1.82) is 0 Å². The molecule has 2 heterocycles. The first-order valence-corrected chi connectivity index (χ1v) is 7.16. The van der Waals surface area contributed by atoms with Crippen LogP contribution >= 0.6 is 0 Å². The molecule has 0 aliphatic carbocycles. The van der Waals surface area contributed by atoms with Crippen molar-refractivity contribution in [3.05, 3.63) is 47.8 Å². The topological polar surface area (TPSA) is 89.2 Å². The number of hydrogen-bond acceptors (Lipinski definition) is 5. The summed E-state index contributed by atoms with van der Waals surface area (Å²) in [4.78, 5) is 7.52. The standard InChI is InChI=1S/C12H12N4O2S/c13-12-14-5-11(6-15-12)19(17,18)16-7-9-3-1-2-4-10(9)8-16/h1-6H,7-8H2,(H2,13,14,15). The Kier molecular flexibility index (Phi) is 2.72. The zero-order valence-corrected chi connectivity index (χ0v) is 10.8. The van der Waals surface area contributed by atoms with Crippen LogP contribution in [0.1, 0.15) is 11.1 Å². The van der Waals surface area contributed by atoms with Gasteiger partial charge in [0.15, 0.2) is 0 Å². The van der Waals surface area contributed by atoms with E-state index in [-0.39, 0.29) is 10.8 Å². The minimum Gasteiger partial charge on any atom is -0.368 e. The van der Waals surface area contributed by atoms with Gasteiger partial charge >= 0.3 is 0 Å². The molecule has 0 saturated carbocycles. The van der Waals surface area contributed by atoms with Crippen LogP contribution in [0, 0.1) is 0 Å². The van der Waals surface area contributed by atoms with Gasteiger partial charge in [0.25, 0.3) is 0 Å². The zero-order valence-electron chi connectivity index (χ0n) is 10.0. The highest BCUT2D eigenvalue weighted by Crippen LogP contribution is 2.27. The number of fused-ring (bicyclic) bond motifs is 1. The van der Waals surface area contributed by atoms with Gasteiger partial charge in [-0.3, -0.25) is 0 Å². The molecule has 0 radical (unpaired) electrons. The average Bonchev–Trinajstić information content (AvgIpc) is 2.83. The SMILES string of the molecule is Nc1ncc(S(=O)(=O)N2Cc3ccccc3C2)cn1. The second-order valence-electron chi connectivity index (χ2n) is 4.32. The molecule has 0 atom stereocenters. The van der Waals surface area contributed by atoms with Crippen molar-refractivity contribution in [2.24, 2.45) is 0 Å². The molecule has 2 aromatic rings. The molecule has 0 spiro atoms. The number of nitrogen functional groups attached to an aromatic ring is 1. The zero-order chi connectivity index (χ0) is 13.5. The van der Waals surface area contributed by atoms with E-state index in [1.807, 2.05) is 24.3 Å². The smallest absolute Gasteiger partial charge is 0.246 e. The summed E-state index contributed by atoms with van der Waals surface area (Å²) >= 11 is 0. The van der Waals surface area contributed by atoms with Crippen LogP contribution in [0.5, 0.6) is 0 Å². The van der Waals surface area contributed by atoms with Gasteiger partial charge in [0.2, 0.25) is 16.0 Å². The maximum absolute atomic E-state index is 12.4. The molecule has 2 N–H and O–H groups in total. The molecular formula is C12H12N4O2S. The van der Waals surface area contributed by atoms with E-state index in [4.69, 9.17) is 5.73 Å². The molecule has 1 aliphatic heterocycles. The summed E-state index contributed by atoms with van der Waals surface area (Å²) in [6.45, 7) is 0.756. The van der Waals surface area contributed by atoms with Gasteiger partial charge in [0.1, 0.15) is 4.90 Å². The number of hydrogen-bond donors (Lipinski definition) is 1. The van der Waals surface area contributed by atoms with Crippen LogP contribution < -0.4 is 5.73 Å².